The Labute approximate surface area is 258 Å². The second-order valence-electron chi connectivity index (χ2n) is 12.2. The lowest BCUT2D eigenvalue weighted by Crippen LogP contribution is -2.56. The molecule has 1 aliphatic rings. The van der Waals surface area contributed by atoms with Crippen molar-refractivity contribution >= 4 is 52.1 Å². The zero-order valence-electron chi connectivity index (χ0n) is 26.1. The molecule has 3 N–H and O–H groups in total. The molecule has 3 atom stereocenters. The molecule has 4 amide bonds. The molecular formula is C32H44N4O6S. The van der Waals surface area contributed by atoms with Gasteiger partial charge in [0.1, 0.15) is 17.7 Å². The predicted octanol–water partition coefficient (Wildman–Crippen LogP) is 3.52. The number of carbonyl (C=O) groups excluding carboxylic acids is 5. The Morgan fingerprint density at radius 3 is 1.98 bits per heavy atom. The van der Waals surface area contributed by atoms with E-state index >= 15 is 0 Å². The average molecular weight is 613 g/mol. The minimum Gasteiger partial charge on any atom is -0.459 e. The third-order valence-corrected chi connectivity index (χ3v) is 7.73. The number of thioether (sulfide) groups is 1. The summed E-state index contributed by atoms with van der Waals surface area (Å²) in [7, 11) is 1.52. The van der Waals surface area contributed by atoms with E-state index in [1.807, 2.05) is 44.4 Å². The number of hydrogen-bond donors (Lipinski definition) is 3. The van der Waals surface area contributed by atoms with Crippen LogP contribution in [0.5, 0.6) is 0 Å². The van der Waals surface area contributed by atoms with Crippen molar-refractivity contribution < 1.29 is 28.7 Å². The van der Waals surface area contributed by atoms with E-state index < -0.39 is 47.4 Å². The molecule has 234 valence electrons. The van der Waals surface area contributed by atoms with Gasteiger partial charge in [0.15, 0.2) is 0 Å². The fourth-order valence-corrected chi connectivity index (χ4v) is 5.47. The quantitative estimate of drug-likeness (QED) is 0.218. The van der Waals surface area contributed by atoms with Gasteiger partial charge in [-0.25, -0.2) is 0 Å². The maximum absolute atomic E-state index is 13.5. The number of benzene rings is 2. The Hall–Kier alpha value is -3.44. The van der Waals surface area contributed by atoms with E-state index in [0.717, 1.165) is 15.7 Å². The minimum absolute atomic E-state index is 0.0348. The monoisotopic (exact) mass is 612 g/mol. The molecule has 3 rings (SSSR count). The van der Waals surface area contributed by atoms with Gasteiger partial charge < -0.3 is 15.4 Å². The zero-order chi connectivity index (χ0) is 31.9. The Balaban J connectivity index is 1.83. The standard InChI is InChI=1S/C32H44N4O6S/c1-19(2)16-26(28(38)35-24(13-15-43-7)27(37)33-6)34-25(31(41)42-32(3,4)5)12-14-36-29(39)22-17-20-10-8-9-11-21(20)18-23(22)30(36)40/h8-11,17-19,24-26,34H,12-16H2,1-7H3,(H,33,37)(H,35,38)/t24-,25?,26-/m0/s1. The molecule has 0 fully saturated rings. The van der Waals surface area contributed by atoms with Gasteiger partial charge >= 0.3 is 5.97 Å². The molecule has 1 heterocycles. The first-order chi connectivity index (χ1) is 20.2. The molecule has 0 aromatic heterocycles. The van der Waals surface area contributed by atoms with Crippen LogP contribution < -0.4 is 16.0 Å². The van der Waals surface area contributed by atoms with Crippen LogP contribution in [0.25, 0.3) is 10.8 Å². The molecule has 0 spiro atoms. The van der Waals surface area contributed by atoms with Gasteiger partial charge in [0.25, 0.3) is 11.8 Å². The molecule has 43 heavy (non-hydrogen) atoms. The fraction of sp³-hybridized carbons (Fsp3) is 0.531. The van der Waals surface area contributed by atoms with Crippen molar-refractivity contribution in [1.29, 1.82) is 0 Å². The van der Waals surface area contributed by atoms with Crippen molar-refractivity contribution in [2.75, 3.05) is 25.6 Å². The molecule has 0 saturated heterocycles. The molecule has 0 radical (unpaired) electrons. The van der Waals surface area contributed by atoms with E-state index in [0.29, 0.717) is 29.7 Å². The Bertz CT molecular complexity index is 1300. The van der Waals surface area contributed by atoms with Crippen LogP contribution in [0.1, 0.15) is 74.6 Å². The van der Waals surface area contributed by atoms with Gasteiger partial charge in [0.05, 0.1) is 17.2 Å². The fourth-order valence-electron chi connectivity index (χ4n) is 5.00. The largest absolute Gasteiger partial charge is 0.459 e. The number of nitrogens with one attached hydrogen (secondary N) is 3. The van der Waals surface area contributed by atoms with Crippen molar-refractivity contribution in [3.8, 4) is 0 Å². The minimum atomic E-state index is -0.998. The zero-order valence-corrected chi connectivity index (χ0v) is 26.9. The van der Waals surface area contributed by atoms with Crippen LogP contribution in [0.3, 0.4) is 0 Å². The summed E-state index contributed by atoms with van der Waals surface area (Å²) in [5.41, 5.74) is -0.147. The van der Waals surface area contributed by atoms with Crippen molar-refractivity contribution in [2.24, 2.45) is 5.92 Å². The average Bonchev–Trinajstić information content (AvgIpc) is 3.17. The summed E-state index contributed by atoms with van der Waals surface area (Å²) in [4.78, 5) is 67.1. The number of fused-ring (bicyclic) bond motifs is 2. The van der Waals surface area contributed by atoms with E-state index in [9.17, 15) is 24.0 Å². The number of amides is 4. The summed E-state index contributed by atoms with van der Waals surface area (Å²) < 4.78 is 5.67. The summed E-state index contributed by atoms with van der Waals surface area (Å²) in [6, 6.07) is 8.39. The number of esters is 1. The highest BCUT2D eigenvalue weighted by Crippen LogP contribution is 2.28. The number of ether oxygens (including phenoxy) is 1. The molecule has 11 heteroatoms. The molecular weight excluding hydrogens is 568 g/mol. The van der Waals surface area contributed by atoms with E-state index in [1.165, 1.54) is 7.05 Å². The molecule has 0 bridgehead atoms. The SMILES string of the molecule is CNC(=O)[C@H](CCSC)NC(=O)[C@H](CC(C)C)NC(CCN1C(=O)c2cc3ccccc3cc2C1=O)C(=O)OC(C)(C)C. The first-order valence-electron chi connectivity index (χ1n) is 14.6. The topological polar surface area (TPSA) is 134 Å². The molecule has 10 nitrogen and oxygen atoms in total. The van der Waals surface area contributed by atoms with Crippen LogP contribution in [-0.4, -0.2) is 83.8 Å². The smallest absolute Gasteiger partial charge is 0.323 e. The third kappa shape index (κ3) is 9.03. The highest BCUT2D eigenvalue weighted by molar-refractivity contribution is 7.98. The molecule has 0 saturated carbocycles. The first-order valence-corrected chi connectivity index (χ1v) is 16.0. The number of likely N-dealkylation sites (N-methyl/N-ethyl adjacent to an activating group) is 1. The summed E-state index contributed by atoms with van der Waals surface area (Å²) in [6.07, 6.45) is 2.79. The summed E-state index contributed by atoms with van der Waals surface area (Å²) in [6.45, 7) is 9.09. The third-order valence-electron chi connectivity index (χ3n) is 7.09. The van der Waals surface area contributed by atoms with Crippen LogP contribution in [-0.2, 0) is 19.1 Å². The van der Waals surface area contributed by atoms with Gasteiger partial charge in [0.2, 0.25) is 11.8 Å². The molecule has 2 aromatic rings. The summed E-state index contributed by atoms with van der Waals surface area (Å²) in [5.74, 6) is -1.40. The Morgan fingerprint density at radius 2 is 1.49 bits per heavy atom. The van der Waals surface area contributed by atoms with Crippen molar-refractivity contribution in [3.05, 3.63) is 47.5 Å². The lowest BCUT2D eigenvalue weighted by atomic mass is 10.0. The van der Waals surface area contributed by atoms with Crippen molar-refractivity contribution in [2.45, 2.75) is 77.6 Å². The lowest BCUT2D eigenvalue weighted by molar-refractivity contribution is -0.158. The number of rotatable bonds is 14. The predicted molar refractivity (Wildman–Crippen MR) is 169 cm³/mol. The first kappa shape index (κ1) is 34.1. The van der Waals surface area contributed by atoms with E-state index in [2.05, 4.69) is 16.0 Å². The van der Waals surface area contributed by atoms with Crippen LogP contribution >= 0.6 is 11.8 Å². The second kappa shape index (κ2) is 14.8. The molecule has 1 unspecified atom stereocenters. The molecule has 0 aliphatic carbocycles. The van der Waals surface area contributed by atoms with Crippen LogP contribution in [0.2, 0.25) is 0 Å². The second-order valence-corrected chi connectivity index (χ2v) is 13.2. The molecule has 2 aromatic carbocycles. The normalized spacial score (nSPS) is 15.3. The van der Waals surface area contributed by atoms with Gasteiger partial charge in [-0.15, -0.1) is 0 Å². The summed E-state index contributed by atoms with van der Waals surface area (Å²) in [5, 5.41) is 10.3. The Morgan fingerprint density at radius 1 is 0.907 bits per heavy atom. The van der Waals surface area contributed by atoms with Gasteiger partial charge in [-0.2, -0.15) is 11.8 Å². The number of nitrogens with zero attached hydrogens (tertiary/aromatic N) is 1. The summed E-state index contributed by atoms with van der Waals surface area (Å²) >= 11 is 1.57. The van der Waals surface area contributed by atoms with Crippen LogP contribution in [0, 0.1) is 5.92 Å². The number of hydrogen-bond acceptors (Lipinski definition) is 8. The maximum atomic E-state index is 13.5. The number of carbonyl (C=O) groups is 5. The van der Waals surface area contributed by atoms with Gasteiger partial charge in [-0.3, -0.25) is 34.2 Å². The highest BCUT2D eigenvalue weighted by Gasteiger charge is 2.38. The van der Waals surface area contributed by atoms with Crippen molar-refractivity contribution in [3.63, 3.8) is 0 Å². The van der Waals surface area contributed by atoms with Gasteiger partial charge in [0, 0.05) is 13.6 Å². The maximum Gasteiger partial charge on any atom is 0.323 e. The van der Waals surface area contributed by atoms with Crippen molar-refractivity contribution in [1.82, 2.24) is 20.9 Å². The van der Waals surface area contributed by atoms with Gasteiger partial charge in [-0.1, -0.05) is 38.1 Å². The van der Waals surface area contributed by atoms with Crippen LogP contribution in [0.4, 0.5) is 0 Å². The van der Waals surface area contributed by atoms with Crippen LogP contribution in [0.15, 0.2) is 36.4 Å². The molecule has 1 aliphatic heterocycles. The Kier molecular flexibility index (Phi) is 11.7. The van der Waals surface area contributed by atoms with E-state index in [4.69, 9.17) is 4.74 Å². The van der Waals surface area contributed by atoms with Gasteiger partial charge in [-0.05, 0) is 80.9 Å². The van der Waals surface area contributed by atoms with E-state index in [-0.39, 0.29) is 24.8 Å². The number of imide groups is 1. The van der Waals surface area contributed by atoms with E-state index in [1.54, 1.807) is 44.7 Å². The lowest BCUT2D eigenvalue weighted by Gasteiger charge is -2.30. The highest BCUT2D eigenvalue weighted by atomic mass is 32.2.